The Morgan fingerprint density at radius 1 is 1.07 bits per heavy atom. The molecule has 4 heterocycles. The molecular weight excluding hydrogens is 500 g/mol. The fourth-order valence-electron chi connectivity index (χ4n) is 4.68. The molecule has 1 saturated heterocycles. The van der Waals surface area contributed by atoms with Crippen LogP contribution in [-0.2, 0) is 6.54 Å². The van der Waals surface area contributed by atoms with Gasteiger partial charge in [-0.15, -0.1) is 6.42 Å². The number of benzene rings is 1. The lowest BCUT2D eigenvalue weighted by Crippen LogP contribution is -2.46. The van der Waals surface area contributed by atoms with E-state index in [1.165, 1.54) is 5.56 Å². The molecule has 0 saturated carbocycles. The SMILES string of the molecule is C#Cc1ccc(CN2CCN(c3ccc(-c4cc(OCC#CC(C)(C)O)cn5ncc(C#N)c45)cn3)CC2)cc1. The number of rotatable bonds is 6. The van der Waals surface area contributed by atoms with Crippen LogP contribution in [0.3, 0.4) is 0 Å². The van der Waals surface area contributed by atoms with Crippen molar-refractivity contribution in [2.24, 2.45) is 0 Å². The van der Waals surface area contributed by atoms with Gasteiger partial charge in [-0.05, 0) is 49.7 Å². The van der Waals surface area contributed by atoms with Crippen LogP contribution in [0.15, 0.2) is 61.1 Å². The molecule has 0 amide bonds. The molecule has 1 N–H and O–H groups in total. The number of nitrogens with zero attached hydrogens (tertiary/aromatic N) is 6. The van der Waals surface area contributed by atoms with E-state index in [0.717, 1.165) is 55.2 Å². The summed E-state index contributed by atoms with van der Waals surface area (Å²) in [6.45, 7) is 7.90. The molecule has 0 bridgehead atoms. The van der Waals surface area contributed by atoms with E-state index in [0.29, 0.717) is 16.8 Å². The molecule has 1 aliphatic heterocycles. The molecule has 5 rings (SSSR count). The molecule has 4 aromatic rings. The van der Waals surface area contributed by atoms with Gasteiger partial charge in [-0.3, -0.25) is 4.90 Å². The van der Waals surface area contributed by atoms with Crippen LogP contribution in [0.1, 0.15) is 30.5 Å². The Kier molecular flexibility index (Phi) is 7.71. The van der Waals surface area contributed by atoms with Crippen molar-refractivity contribution >= 4 is 11.3 Å². The Morgan fingerprint density at radius 3 is 2.50 bits per heavy atom. The first-order valence-corrected chi connectivity index (χ1v) is 13.1. The molecule has 0 spiro atoms. The number of ether oxygens (including phenoxy) is 1. The third-order valence-corrected chi connectivity index (χ3v) is 6.69. The number of terminal acetylenes is 1. The summed E-state index contributed by atoms with van der Waals surface area (Å²) in [5.41, 5.74) is 3.88. The first kappa shape index (κ1) is 26.8. The van der Waals surface area contributed by atoms with Crippen LogP contribution in [0, 0.1) is 35.5 Å². The van der Waals surface area contributed by atoms with Crippen molar-refractivity contribution in [2.75, 3.05) is 37.7 Å². The molecule has 200 valence electrons. The Hall–Kier alpha value is -4.81. The highest BCUT2D eigenvalue weighted by Crippen LogP contribution is 2.31. The lowest BCUT2D eigenvalue weighted by atomic mass is 10.1. The van der Waals surface area contributed by atoms with Gasteiger partial charge in [-0.1, -0.05) is 29.9 Å². The van der Waals surface area contributed by atoms with Crippen LogP contribution in [-0.4, -0.2) is 63.0 Å². The van der Waals surface area contributed by atoms with Crippen LogP contribution in [0.5, 0.6) is 5.75 Å². The number of hydrogen-bond acceptors (Lipinski definition) is 7. The monoisotopic (exact) mass is 530 g/mol. The van der Waals surface area contributed by atoms with Crippen LogP contribution < -0.4 is 9.64 Å². The maximum atomic E-state index is 9.79. The standard InChI is InChI=1S/C32H30N6O2/c1-4-24-6-8-25(9-7-24)22-36-13-15-37(16-14-36)30-11-10-26(20-34-30)29-18-28(40-17-5-12-32(2,3)39)23-38-31(29)27(19-33)21-35-38/h1,6-11,18,20-21,23,39H,13-17,22H2,2-3H3. The summed E-state index contributed by atoms with van der Waals surface area (Å²) in [5, 5.41) is 23.8. The lowest BCUT2D eigenvalue weighted by molar-refractivity contribution is 0.143. The molecule has 1 aliphatic rings. The quantitative estimate of drug-likeness (QED) is 0.380. The molecule has 0 atom stereocenters. The number of piperazine rings is 1. The molecule has 8 nitrogen and oxygen atoms in total. The highest BCUT2D eigenvalue weighted by Gasteiger charge is 2.19. The minimum Gasteiger partial charge on any atom is -0.479 e. The third kappa shape index (κ3) is 6.25. The van der Waals surface area contributed by atoms with E-state index >= 15 is 0 Å². The van der Waals surface area contributed by atoms with E-state index in [-0.39, 0.29) is 6.61 Å². The topological polar surface area (TPSA) is 89.9 Å². The Bertz CT molecular complexity index is 1630. The van der Waals surface area contributed by atoms with E-state index in [1.807, 2.05) is 36.5 Å². The van der Waals surface area contributed by atoms with Gasteiger partial charge in [0.1, 0.15) is 29.8 Å². The third-order valence-electron chi connectivity index (χ3n) is 6.69. The molecular formula is C32H30N6O2. The number of hydrogen-bond donors (Lipinski definition) is 1. The molecule has 8 heteroatoms. The smallest absolute Gasteiger partial charge is 0.149 e. The van der Waals surface area contributed by atoms with E-state index in [2.05, 4.69) is 50.9 Å². The van der Waals surface area contributed by atoms with Gasteiger partial charge in [-0.25, -0.2) is 9.50 Å². The van der Waals surface area contributed by atoms with E-state index in [1.54, 1.807) is 30.8 Å². The molecule has 0 radical (unpaired) electrons. The van der Waals surface area contributed by atoms with Crippen molar-refractivity contribution in [3.8, 4) is 47.1 Å². The summed E-state index contributed by atoms with van der Waals surface area (Å²) in [5.74, 6) is 9.70. The van der Waals surface area contributed by atoms with E-state index in [4.69, 9.17) is 16.1 Å². The molecule has 1 aromatic carbocycles. The Labute approximate surface area is 234 Å². The molecule has 3 aromatic heterocycles. The van der Waals surface area contributed by atoms with Gasteiger partial charge in [0.15, 0.2) is 0 Å². The summed E-state index contributed by atoms with van der Waals surface area (Å²) >= 11 is 0. The van der Waals surface area contributed by atoms with Crippen molar-refractivity contribution in [3.05, 3.63) is 77.7 Å². The Balaban J connectivity index is 1.30. The highest BCUT2D eigenvalue weighted by atomic mass is 16.5. The Morgan fingerprint density at radius 2 is 1.85 bits per heavy atom. The maximum Gasteiger partial charge on any atom is 0.149 e. The number of fused-ring (bicyclic) bond motifs is 1. The zero-order chi connectivity index (χ0) is 28.1. The zero-order valence-electron chi connectivity index (χ0n) is 22.6. The van der Waals surface area contributed by atoms with Crippen LogP contribution in [0.2, 0.25) is 0 Å². The summed E-state index contributed by atoms with van der Waals surface area (Å²) in [6.07, 6.45) is 10.6. The average Bonchev–Trinajstić information content (AvgIpc) is 3.38. The number of pyridine rings is 2. The fraction of sp³-hybridized carbons (Fsp3) is 0.281. The van der Waals surface area contributed by atoms with Crippen molar-refractivity contribution in [1.82, 2.24) is 19.5 Å². The summed E-state index contributed by atoms with van der Waals surface area (Å²) < 4.78 is 7.47. The van der Waals surface area contributed by atoms with Crippen LogP contribution in [0.4, 0.5) is 5.82 Å². The lowest BCUT2D eigenvalue weighted by Gasteiger charge is -2.35. The van der Waals surface area contributed by atoms with Gasteiger partial charge in [0.2, 0.25) is 0 Å². The normalized spacial score (nSPS) is 13.8. The van der Waals surface area contributed by atoms with Gasteiger partial charge in [0, 0.05) is 55.6 Å². The average molecular weight is 531 g/mol. The number of aliphatic hydroxyl groups is 1. The second-order valence-corrected chi connectivity index (χ2v) is 10.2. The van der Waals surface area contributed by atoms with Gasteiger partial charge in [-0.2, -0.15) is 10.4 Å². The van der Waals surface area contributed by atoms with Crippen molar-refractivity contribution in [3.63, 3.8) is 0 Å². The van der Waals surface area contributed by atoms with E-state index in [9.17, 15) is 10.4 Å². The number of anilines is 1. The first-order valence-electron chi connectivity index (χ1n) is 13.1. The first-order chi connectivity index (χ1) is 19.3. The van der Waals surface area contributed by atoms with Crippen molar-refractivity contribution in [1.29, 1.82) is 5.26 Å². The molecule has 0 aliphatic carbocycles. The minimum absolute atomic E-state index is 0.112. The van der Waals surface area contributed by atoms with Crippen LogP contribution in [0.25, 0.3) is 16.6 Å². The zero-order valence-corrected chi connectivity index (χ0v) is 22.6. The minimum atomic E-state index is -1.09. The van der Waals surface area contributed by atoms with E-state index < -0.39 is 5.60 Å². The van der Waals surface area contributed by atoms with Gasteiger partial charge in [0.25, 0.3) is 0 Å². The van der Waals surface area contributed by atoms with Gasteiger partial charge in [0.05, 0.1) is 23.5 Å². The summed E-state index contributed by atoms with van der Waals surface area (Å²) in [6, 6.07) is 16.3. The predicted octanol–water partition coefficient (Wildman–Crippen LogP) is 3.72. The molecule has 40 heavy (non-hydrogen) atoms. The number of nitriles is 1. The predicted molar refractivity (Wildman–Crippen MR) is 155 cm³/mol. The van der Waals surface area contributed by atoms with Crippen molar-refractivity contribution in [2.45, 2.75) is 26.0 Å². The van der Waals surface area contributed by atoms with Crippen LogP contribution >= 0.6 is 0 Å². The largest absolute Gasteiger partial charge is 0.479 e. The second kappa shape index (κ2) is 11.5. The van der Waals surface area contributed by atoms with Gasteiger partial charge < -0.3 is 14.7 Å². The fourth-order valence-corrected chi connectivity index (χ4v) is 4.68. The maximum absolute atomic E-state index is 9.79. The summed E-state index contributed by atoms with van der Waals surface area (Å²) in [7, 11) is 0. The highest BCUT2D eigenvalue weighted by molar-refractivity contribution is 5.85. The molecule has 0 unspecified atom stereocenters. The van der Waals surface area contributed by atoms with Crippen molar-refractivity contribution < 1.29 is 9.84 Å². The second-order valence-electron chi connectivity index (χ2n) is 10.2. The van der Waals surface area contributed by atoms with Gasteiger partial charge >= 0.3 is 0 Å². The molecule has 1 fully saturated rings. The summed E-state index contributed by atoms with van der Waals surface area (Å²) in [4.78, 5) is 9.50. The number of aromatic nitrogens is 3.